The number of hydrogen-bond donors (Lipinski definition) is 2. The lowest BCUT2D eigenvalue weighted by atomic mass is 10.2. The molecular formula is C24H23N5O3S. The number of aromatic nitrogens is 3. The average Bonchev–Trinajstić information content (AvgIpc) is 3.42. The van der Waals surface area contributed by atoms with Gasteiger partial charge in [0, 0.05) is 41.1 Å². The van der Waals surface area contributed by atoms with Crippen molar-refractivity contribution in [2.45, 2.75) is 33.2 Å². The second-order valence-corrected chi connectivity index (χ2v) is 8.73. The van der Waals surface area contributed by atoms with Gasteiger partial charge in [-0.3, -0.25) is 19.6 Å². The van der Waals surface area contributed by atoms with Gasteiger partial charge in [-0.1, -0.05) is 6.07 Å². The van der Waals surface area contributed by atoms with E-state index in [9.17, 15) is 9.59 Å². The van der Waals surface area contributed by atoms with E-state index >= 15 is 0 Å². The topological polar surface area (TPSA) is 110 Å². The number of nitrogens with one attached hydrogen (secondary N) is 2. The Bertz CT molecular complexity index is 1270. The van der Waals surface area contributed by atoms with E-state index in [0.717, 1.165) is 16.1 Å². The largest absolute Gasteiger partial charge is 0.441 e. The van der Waals surface area contributed by atoms with Crippen molar-refractivity contribution >= 4 is 28.8 Å². The number of nitrogens with zero attached hydrogens (tertiary/aromatic N) is 3. The molecule has 0 spiro atoms. The fourth-order valence-corrected chi connectivity index (χ4v) is 3.93. The maximum atomic E-state index is 12.4. The number of benzene rings is 1. The predicted octanol–water partition coefficient (Wildman–Crippen LogP) is 4.31. The molecule has 3 aromatic heterocycles. The first-order chi connectivity index (χ1) is 16.0. The maximum Gasteiger partial charge on any atom is 0.265 e. The van der Waals surface area contributed by atoms with Gasteiger partial charge < -0.3 is 15.1 Å². The van der Waals surface area contributed by atoms with E-state index in [-0.39, 0.29) is 18.4 Å². The van der Waals surface area contributed by atoms with Gasteiger partial charge in [0.15, 0.2) is 0 Å². The molecule has 0 atom stereocenters. The molecule has 3 heterocycles. The second kappa shape index (κ2) is 10.2. The molecule has 168 valence electrons. The van der Waals surface area contributed by atoms with Crippen LogP contribution in [-0.2, 0) is 17.8 Å². The normalized spacial score (nSPS) is 10.7. The van der Waals surface area contributed by atoms with E-state index in [4.69, 9.17) is 4.42 Å². The van der Waals surface area contributed by atoms with E-state index < -0.39 is 0 Å². The van der Waals surface area contributed by atoms with Crippen LogP contribution < -0.4 is 10.6 Å². The summed E-state index contributed by atoms with van der Waals surface area (Å²) >= 11 is 1.45. The summed E-state index contributed by atoms with van der Waals surface area (Å²) in [5.74, 6) is 0.805. The Labute approximate surface area is 195 Å². The Hall–Kier alpha value is -3.85. The third-order valence-electron chi connectivity index (χ3n) is 4.90. The first-order valence-corrected chi connectivity index (χ1v) is 11.3. The molecule has 0 bridgehead atoms. The molecule has 2 amide bonds. The molecule has 33 heavy (non-hydrogen) atoms. The zero-order valence-electron chi connectivity index (χ0n) is 18.3. The number of oxazole rings is 1. The molecule has 1 aromatic carbocycles. The number of rotatable bonds is 8. The van der Waals surface area contributed by atoms with Crippen LogP contribution in [0, 0.1) is 13.8 Å². The van der Waals surface area contributed by atoms with Crippen molar-refractivity contribution in [3.05, 3.63) is 81.9 Å². The molecular weight excluding hydrogens is 438 g/mol. The summed E-state index contributed by atoms with van der Waals surface area (Å²) in [6.45, 7) is 4.04. The zero-order chi connectivity index (χ0) is 23.2. The standard InChI is InChI=1S/C24H23N5O3S/c1-15-6-8-21(33-15)23(31)28-18-5-3-4-17(12-18)24-29-20(16(2)32-24)14-27-22(30)9-7-19-13-25-10-11-26-19/h3-6,8,10-13H,7,9,14H2,1-2H3,(H,27,30)(H,28,31). The van der Waals surface area contributed by atoms with Crippen LogP contribution >= 0.6 is 11.3 Å². The monoisotopic (exact) mass is 461 g/mol. The van der Waals surface area contributed by atoms with Gasteiger partial charge in [0.05, 0.1) is 17.1 Å². The number of aryl methyl sites for hydroxylation is 3. The smallest absolute Gasteiger partial charge is 0.265 e. The summed E-state index contributed by atoms with van der Waals surface area (Å²) in [5, 5.41) is 5.77. The minimum Gasteiger partial charge on any atom is -0.441 e. The van der Waals surface area contributed by atoms with Gasteiger partial charge in [-0.05, 0) is 50.6 Å². The number of carbonyl (C=O) groups excluding carboxylic acids is 2. The molecule has 9 heteroatoms. The fraction of sp³-hybridized carbons (Fsp3) is 0.208. The van der Waals surface area contributed by atoms with E-state index in [2.05, 4.69) is 25.6 Å². The van der Waals surface area contributed by atoms with Gasteiger partial charge in [0.25, 0.3) is 5.91 Å². The van der Waals surface area contributed by atoms with Crippen molar-refractivity contribution in [1.29, 1.82) is 0 Å². The summed E-state index contributed by atoms with van der Waals surface area (Å²) in [4.78, 5) is 39.1. The lowest BCUT2D eigenvalue weighted by Crippen LogP contribution is -2.23. The number of carbonyl (C=O) groups is 2. The molecule has 4 aromatic rings. The first kappa shape index (κ1) is 22.3. The van der Waals surface area contributed by atoms with Crippen LogP contribution in [0.3, 0.4) is 0 Å². The molecule has 0 unspecified atom stereocenters. The second-order valence-electron chi connectivity index (χ2n) is 7.44. The highest BCUT2D eigenvalue weighted by molar-refractivity contribution is 7.14. The van der Waals surface area contributed by atoms with Gasteiger partial charge in [0.2, 0.25) is 11.8 Å². The van der Waals surface area contributed by atoms with Crippen molar-refractivity contribution in [3.8, 4) is 11.5 Å². The Balaban J connectivity index is 1.37. The van der Waals surface area contributed by atoms with Crippen LogP contribution in [0.5, 0.6) is 0 Å². The van der Waals surface area contributed by atoms with Crippen molar-refractivity contribution < 1.29 is 14.0 Å². The summed E-state index contributed by atoms with van der Waals surface area (Å²) in [6.07, 6.45) is 5.69. The van der Waals surface area contributed by atoms with Crippen LogP contribution in [0.25, 0.3) is 11.5 Å². The minimum atomic E-state index is -0.154. The Morgan fingerprint density at radius 3 is 2.76 bits per heavy atom. The number of anilines is 1. The van der Waals surface area contributed by atoms with Crippen molar-refractivity contribution in [2.75, 3.05) is 5.32 Å². The zero-order valence-corrected chi connectivity index (χ0v) is 19.1. The molecule has 2 N–H and O–H groups in total. The molecule has 8 nitrogen and oxygen atoms in total. The molecule has 0 saturated carbocycles. The molecule has 0 fully saturated rings. The summed E-state index contributed by atoms with van der Waals surface area (Å²) in [6, 6.07) is 11.0. The third-order valence-corrected chi connectivity index (χ3v) is 5.90. The van der Waals surface area contributed by atoms with Crippen LogP contribution in [-0.4, -0.2) is 26.8 Å². The van der Waals surface area contributed by atoms with Crippen LogP contribution in [0.4, 0.5) is 5.69 Å². The van der Waals surface area contributed by atoms with E-state index in [1.54, 1.807) is 18.6 Å². The van der Waals surface area contributed by atoms with E-state index in [1.165, 1.54) is 11.3 Å². The first-order valence-electron chi connectivity index (χ1n) is 10.4. The van der Waals surface area contributed by atoms with Crippen LogP contribution in [0.2, 0.25) is 0 Å². The Morgan fingerprint density at radius 2 is 2.00 bits per heavy atom. The van der Waals surface area contributed by atoms with Gasteiger partial charge in [-0.15, -0.1) is 11.3 Å². The molecule has 0 aliphatic carbocycles. The fourth-order valence-electron chi connectivity index (χ4n) is 3.17. The predicted molar refractivity (Wildman–Crippen MR) is 126 cm³/mol. The summed E-state index contributed by atoms with van der Waals surface area (Å²) < 4.78 is 5.82. The molecule has 0 aliphatic rings. The quantitative estimate of drug-likeness (QED) is 0.405. The van der Waals surface area contributed by atoms with Crippen molar-refractivity contribution in [1.82, 2.24) is 20.3 Å². The van der Waals surface area contributed by atoms with Gasteiger partial charge in [-0.2, -0.15) is 0 Å². The van der Waals surface area contributed by atoms with E-state index in [0.29, 0.717) is 40.8 Å². The highest BCUT2D eigenvalue weighted by Crippen LogP contribution is 2.25. The Kier molecular flexibility index (Phi) is 6.89. The number of hydrogen-bond acceptors (Lipinski definition) is 7. The summed E-state index contributed by atoms with van der Waals surface area (Å²) in [5.41, 5.74) is 2.81. The SMILES string of the molecule is Cc1ccc(C(=O)Nc2cccc(-c3nc(CNC(=O)CCc4cnccn4)c(C)o3)c2)s1. The minimum absolute atomic E-state index is 0.0990. The van der Waals surface area contributed by atoms with E-state index in [1.807, 2.05) is 50.2 Å². The highest BCUT2D eigenvalue weighted by atomic mass is 32.1. The lowest BCUT2D eigenvalue weighted by Gasteiger charge is -2.05. The van der Waals surface area contributed by atoms with Gasteiger partial charge in [-0.25, -0.2) is 4.98 Å². The third kappa shape index (κ3) is 5.89. The molecule has 0 aliphatic heterocycles. The maximum absolute atomic E-state index is 12.4. The number of thiophene rings is 1. The van der Waals surface area contributed by atoms with Gasteiger partial charge >= 0.3 is 0 Å². The van der Waals surface area contributed by atoms with Crippen molar-refractivity contribution in [3.63, 3.8) is 0 Å². The van der Waals surface area contributed by atoms with Crippen LogP contribution in [0.15, 0.2) is 59.4 Å². The van der Waals surface area contributed by atoms with Crippen LogP contribution in [0.1, 0.15) is 38.1 Å². The highest BCUT2D eigenvalue weighted by Gasteiger charge is 2.14. The lowest BCUT2D eigenvalue weighted by molar-refractivity contribution is -0.121. The molecule has 0 saturated heterocycles. The number of amides is 2. The molecule has 4 rings (SSSR count). The Morgan fingerprint density at radius 1 is 1.12 bits per heavy atom. The summed E-state index contributed by atoms with van der Waals surface area (Å²) in [7, 11) is 0. The van der Waals surface area contributed by atoms with Crippen molar-refractivity contribution in [2.24, 2.45) is 0 Å². The van der Waals surface area contributed by atoms with Gasteiger partial charge in [0.1, 0.15) is 11.5 Å². The molecule has 0 radical (unpaired) electrons. The average molecular weight is 462 g/mol.